The third-order valence-electron chi connectivity index (χ3n) is 4.30. The number of nitrogens with one attached hydrogen (secondary N) is 1. The van der Waals surface area contributed by atoms with Gasteiger partial charge in [0.05, 0.1) is 6.42 Å². The summed E-state index contributed by atoms with van der Waals surface area (Å²) in [6.07, 6.45) is -6.90. The summed E-state index contributed by atoms with van der Waals surface area (Å²) in [5.41, 5.74) is 0.862. The van der Waals surface area contributed by atoms with Gasteiger partial charge in [-0.05, 0) is 35.9 Å². The zero-order valence-corrected chi connectivity index (χ0v) is 17.2. The minimum Gasteiger partial charge on any atom is -0.488 e. The van der Waals surface area contributed by atoms with E-state index in [1.807, 2.05) is 0 Å². The standard InChI is InChI=1S/C22H18F3NO5S/c23-22(24,25)20-17(13-4-2-1-3-5-13)10-16(32-20)12-31-15-8-6-14(7-9-15)26-21(30)18(27)11-19(28)29/h1-10,18,27H,11-12H2,(H,26,30)(H,28,29)/t18-/m0/s1. The van der Waals surface area contributed by atoms with Gasteiger partial charge in [0.15, 0.2) is 0 Å². The van der Waals surface area contributed by atoms with E-state index in [0.717, 1.165) is 0 Å². The zero-order chi connectivity index (χ0) is 23.3. The van der Waals surface area contributed by atoms with Gasteiger partial charge in [-0.15, -0.1) is 11.3 Å². The highest BCUT2D eigenvalue weighted by atomic mass is 32.1. The minimum atomic E-state index is -4.49. The van der Waals surface area contributed by atoms with Crippen molar-refractivity contribution in [2.75, 3.05) is 5.32 Å². The van der Waals surface area contributed by atoms with Crippen molar-refractivity contribution in [3.05, 3.63) is 70.4 Å². The van der Waals surface area contributed by atoms with Gasteiger partial charge in [0, 0.05) is 16.1 Å². The number of carbonyl (C=O) groups is 2. The molecule has 1 aromatic heterocycles. The second-order valence-corrected chi connectivity index (χ2v) is 7.87. The lowest BCUT2D eigenvalue weighted by atomic mass is 10.1. The molecular weight excluding hydrogens is 447 g/mol. The van der Waals surface area contributed by atoms with Crippen LogP contribution in [0.4, 0.5) is 18.9 Å². The Kier molecular flexibility index (Phi) is 7.16. The van der Waals surface area contributed by atoms with Crippen LogP contribution in [0.2, 0.25) is 0 Å². The Morgan fingerprint density at radius 1 is 1.06 bits per heavy atom. The predicted molar refractivity (Wildman–Crippen MR) is 112 cm³/mol. The van der Waals surface area contributed by atoms with Crippen LogP contribution in [0.5, 0.6) is 5.75 Å². The number of carboxylic acids is 1. The van der Waals surface area contributed by atoms with Crippen LogP contribution in [0.1, 0.15) is 16.2 Å². The molecule has 3 aromatic rings. The highest BCUT2D eigenvalue weighted by Gasteiger charge is 2.36. The molecule has 0 bridgehead atoms. The Morgan fingerprint density at radius 2 is 1.72 bits per heavy atom. The molecule has 0 aliphatic rings. The fourth-order valence-electron chi connectivity index (χ4n) is 2.83. The zero-order valence-electron chi connectivity index (χ0n) is 16.4. The Labute approximate surface area is 184 Å². The van der Waals surface area contributed by atoms with Crippen LogP contribution in [0, 0.1) is 0 Å². The van der Waals surface area contributed by atoms with E-state index >= 15 is 0 Å². The Bertz CT molecular complexity index is 1080. The molecule has 6 nitrogen and oxygen atoms in total. The van der Waals surface area contributed by atoms with Crippen molar-refractivity contribution in [2.24, 2.45) is 0 Å². The maximum Gasteiger partial charge on any atom is 0.426 e. The third-order valence-corrected chi connectivity index (χ3v) is 5.45. The number of alkyl halides is 3. The first-order valence-corrected chi connectivity index (χ1v) is 10.1. The summed E-state index contributed by atoms with van der Waals surface area (Å²) in [5, 5.41) is 20.4. The first-order chi connectivity index (χ1) is 15.1. The number of aliphatic hydroxyl groups excluding tert-OH is 1. The van der Waals surface area contributed by atoms with E-state index in [-0.39, 0.29) is 12.2 Å². The van der Waals surface area contributed by atoms with Gasteiger partial charge in [-0.25, -0.2) is 0 Å². The van der Waals surface area contributed by atoms with E-state index in [4.69, 9.17) is 9.84 Å². The van der Waals surface area contributed by atoms with Crippen molar-refractivity contribution in [3.8, 4) is 16.9 Å². The van der Waals surface area contributed by atoms with Gasteiger partial charge in [0.2, 0.25) is 0 Å². The molecule has 168 valence electrons. The molecule has 0 spiro atoms. The summed E-state index contributed by atoms with van der Waals surface area (Å²) in [5.74, 6) is -1.82. The Hall–Kier alpha value is -3.37. The second kappa shape index (κ2) is 9.84. The SMILES string of the molecule is O=C(O)C[C@H](O)C(=O)Nc1ccc(OCc2cc(-c3ccccc3)c(C(F)(F)F)s2)cc1. The maximum atomic E-state index is 13.5. The minimum absolute atomic E-state index is 0.0798. The second-order valence-electron chi connectivity index (χ2n) is 6.74. The predicted octanol–water partition coefficient (Wildman–Crippen LogP) is 4.79. The number of carbonyl (C=O) groups excluding carboxylic acids is 1. The summed E-state index contributed by atoms with van der Waals surface area (Å²) >= 11 is 0.617. The molecule has 2 aromatic carbocycles. The van der Waals surface area contributed by atoms with Gasteiger partial charge >= 0.3 is 12.1 Å². The average molecular weight is 465 g/mol. The van der Waals surface area contributed by atoms with Crippen molar-refractivity contribution in [2.45, 2.75) is 25.3 Å². The number of thiophene rings is 1. The van der Waals surface area contributed by atoms with Gasteiger partial charge in [-0.1, -0.05) is 30.3 Å². The molecule has 3 N–H and O–H groups in total. The Balaban J connectivity index is 1.66. The first-order valence-electron chi connectivity index (χ1n) is 9.32. The smallest absolute Gasteiger partial charge is 0.426 e. The normalized spacial score (nSPS) is 12.2. The van der Waals surface area contributed by atoms with E-state index < -0.39 is 35.5 Å². The van der Waals surface area contributed by atoms with Crippen LogP contribution in [0.15, 0.2) is 60.7 Å². The van der Waals surface area contributed by atoms with Crippen molar-refractivity contribution < 1.29 is 37.7 Å². The maximum absolute atomic E-state index is 13.5. The van der Waals surface area contributed by atoms with Crippen molar-refractivity contribution >= 4 is 28.9 Å². The van der Waals surface area contributed by atoms with Gasteiger partial charge in [0.1, 0.15) is 23.3 Å². The topological polar surface area (TPSA) is 95.9 Å². The van der Waals surface area contributed by atoms with Crippen molar-refractivity contribution in [1.29, 1.82) is 0 Å². The molecule has 1 atom stereocenters. The van der Waals surface area contributed by atoms with Gasteiger partial charge in [-0.2, -0.15) is 13.2 Å². The van der Waals surface area contributed by atoms with E-state index in [2.05, 4.69) is 5.32 Å². The number of anilines is 1. The summed E-state index contributed by atoms with van der Waals surface area (Å²) in [6, 6.07) is 15.7. The largest absolute Gasteiger partial charge is 0.488 e. The number of amides is 1. The van der Waals surface area contributed by atoms with Crippen LogP contribution in [-0.2, 0) is 22.4 Å². The molecule has 0 saturated carbocycles. The Morgan fingerprint density at radius 3 is 2.31 bits per heavy atom. The van der Waals surface area contributed by atoms with E-state index in [1.54, 1.807) is 30.3 Å². The molecule has 32 heavy (non-hydrogen) atoms. The number of hydrogen-bond acceptors (Lipinski definition) is 5. The number of ether oxygens (including phenoxy) is 1. The summed E-state index contributed by atoms with van der Waals surface area (Å²) in [7, 11) is 0. The highest BCUT2D eigenvalue weighted by Crippen LogP contribution is 2.43. The van der Waals surface area contributed by atoms with Crippen molar-refractivity contribution in [1.82, 2.24) is 0 Å². The number of aliphatic hydroxyl groups is 1. The summed E-state index contributed by atoms with van der Waals surface area (Å²) in [4.78, 5) is 22.0. The molecule has 0 fully saturated rings. The van der Waals surface area contributed by atoms with Gasteiger partial charge in [0.25, 0.3) is 5.91 Å². The van der Waals surface area contributed by atoms with Crippen LogP contribution in [0.3, 0.4) is 0 Å². The lowest BCUT2D eigenvalue weighted by Crippen LogP contribution is -2.29. The molecule has 0 saturated heterocycles. The van der Waals surface area contributed by atoms with Crippen LogP contribution in [-0.4, -0.2) is 28.2 Å². The highest BCUT2D eigenvalue weighted by molar-refractivity contribution is 7.12. The fourth-order valence-corrected chi connectivity index (χ4v) is 3.79. The quantitative estimate of drug-likeness (QED) is 0.445. The molecule has 1 amide bonds. The van der Waals surface area contributed by atoms with Crippen LogP contribution >= 0.6 is 11.3 Å². The number of halogens is 3. The fraction of sp³-hybridized carbons (Fsp3) is 0.182. The molecule has 1 heterocycles. The molecule has 0 radical (unpaired) electrons. The molecular formula is C22H18F3NO5S. The molecule has 0 aliphatic carbocycles. The number of rotatable bonds is 8. The first kappa shape index (κ1) is 23.3. The van der Waals surface area contributed by atoms with Gasteiger partial charge in [-0.3, -0.25) is 9.59 Å². The molecule has 0 aliphatic heterocycles. The monoisotopic (exact) mass is 465 g/mol. The molecule has 3 rings (SSSR count). The number of benzene rings is 2. The van der Waals surface area contributed by atoms with Crippen molar-refractivity contribution in [3.63, 3.8) is 0 Å². The number of aliphatic carboxylic acids is 1. The lowest BCUT2D eigenvalue weighted by molar-refractivity contribution is -0.142. The van der Waals surface area contributed by atoms with E-state index in [0.29, 0.717) is 33.2 Å². The summed E-state index contributed by atoms with van der Waals surface area (Å²) < 4.78 is 46.0. The van der Waals surface area contributed by atoms with E-state index in [1.165, 1.54) is 30.3 Å². The third kappa shape index (κ3) is 6.08. The van der Waals surface area contributed by atoms with Crippen LogP contribution < -0.4 is 10.1 Å². The lowest BCUT2D eigenvalue weighted by Gasteiger charge is -2.10. The molecule has 10 heteroatoms. The van der Waals surface area contributed by atoms with Gasteiger partial charge < -0.3 is 20.3 Å². The number of carboxylic acid groups (broad SMARTS) is 1. The number of hydrogen-bond donors (Lipinski definition) is 3. The van der Waals surface area contributed by atoms with Crippen LogP contribution in [0.25, 0.3) is 11.1 Å². The molecule has 0 unspecified atom stereocenters. The van der Waals surface area contributed by atoms with E-state index in [9.17, 15) is 27.9 Å². The summed E-state index contributed by atoms with van der Waals surface area (Å²) in [6.45, 7) is -0.0798. The average Bonchev–Trinajstić information content (AvgIpc) is 3.18.